The van der Waals surface area contributed by atoms with Crippen LogP contribution < -0.4 is 5.32 Å². The average molecular weight is 416 g/mol. The van der Waals surface area contributed by atoms with Crippen LogP contribution in [0.25, 0.3) is 17.4 Å². The van der Waals surface area contributed by atoms with E-state index in [1.165, 1.54) is 12.1 Å². The van der Waals surface area contributed by atoms with E-state index in [9.17, 15) is 19.5 Å². The van der Waals surface area contributed by atoms with Crippen LogP contribution in [0.15, 0.2) is 64.7 Å². The monoisotopic (exact) mass is 416 g/mol. The topological polar surface area (TPSA) is 99.8 Å². The van der Waals surface area contributed by atoms with E-state index in [1.807, 2.05) is 31.2 Å². The molecule has 2 heterocycles. The van der Waals surface area contributed by atoms with Gasteiger partial charge in [-0.1, -0.05) is 42.0 Å². The molecule has 31 heavy (non-hydrogen) atoms. The summed E-state index contributed by atoms with van der Waals surface area (Å²) in [6, 6.07) is 15.4. The molecule has 3 amide bonds. The molecule has 1 aliphatic heterocycles. The predicted molar refractivity (Wildman–Crippen MR) is 114 cm³/mol. The fourth-order valence-electron chi connectivity index (χ4n) is 3.44. The second kappa shape index (κ2) is 7.95. The molecule has 0 bridgehead atoms. The first-order chi connectivity index (χ1) is 14.8. The van der Waals surface area contributed by atoms with Crippen LogP contribution in [0.4, 0.5) is 4.79 Å². The molecule has 1 saturated heterocycles. The highest BCUT2D eigenvalue weighted by atomic mass is 16.4. The van der Waals surface area contributed by atoms with E-state index >= 15 is 0 Å². The molecule has 4 rings (SSSR count). The van der Waals surface area contributed by atoms with Gasteiger partial charge in [0.1, 0.15) is 17.2 Å². The highest BCUT2D eigenvalue weighted by Crippen LogP contribution is 2.29. The zero-order chi connectivity index (χ0) is 22.1. The third kappa shape index (κ3) is 3.98. The van der Waals surface area contributed by atoms with Crippen LogP contribution in [0.5, 0.6) is 0 Å². The summed E-state index contributed by atoms with van der Waals surface area (Å²) in [4.78, 5) is 37.5. The smallest absolute Gasteiger partial charge is 0.335 e. The number of imide groups is 1. The van der Waals surface area contributed by atoms with Crippen LogP contribution in [0.1, 0.15) is 32.8 Å². The average Bonchev–Trinajstić information content (AvgIpc) is 3.30. The van der Waals surface area contributed by atoms with E-state index in [-0.39, 0.29) is 17.8 Å². The van der Waals surface area contributed by atoms with Crippen molar-refractivity contribution in [1.29, 1.82) is 0 Å². The second-order valence-electron chi connectivity index (χ2n) is 7.35. The molecule has 0 atom stereocenters. The standard InChI is InChI=1S/C24H20N2O5/c1-14-6-8-16(9-7-14)13-26-22(27)20(25-24(26)30)12-17-10-11-21(31-17)18-4-3-5-19(15(18)2)23(28)29/h3-12H,13H2,1-2H3,(H,25,30)(H,28,29)/b20-12+. The van der Waals surface area contributed by atoms with Gasteiger partial charge in [0.15, 0.2) is 0 Å². The third-order valence-electron chi connectivity index (χ3n) is 5.17. The van der Waals surface area contributed by atoms with Crippen LogP contribution in [-0.2, 0) is 11.3 Å². The zero-order valence-electron chi connectivity index (χ0n) is 17.0. The van der Waals surface area contributed by atoms with Gasteiger partial charge in [0, 0.05) is 11.6 Å². The molecule has 3 aromatic rings. The van der Waals surface area contributed by atoms with Crippen molar-refractivity contribution in [3.05, 3.63) is 88.3 Å². The number of hydrogen-bond donors (Lipinski definition) is 2. The van der Waals surface area contributed by atoms with Gasteiger partial charge in [-0.05, 0) is 43.2 Å². The number of carboxylic acids is 1. The van der Waals surface area contributed by atoms with E-state index in [4.69, 9.17) is 4.42 Å². The highest BCUT2D eigenvalue weighted by Gasteiger charge is 2.33. The first kappa shape index (κ1) is 20.2. The summed E-state index contributed by atoms with van der Waals surface area (Å²) in [6.45, 7) is 3.85. The van der Waals surface area contributed by atoms with Crippen molar-refractivity contribution in [3.63, 3.8) is 0 Å². The molecule has 1 aromatic heterocycles. The van der Waals surface area contributed by atoms with Crippen molar-refractivity contribution in [2.75, 3.05) is 0 Å². The number of benzene rings is 2. The predicted octanol–water partition coefficient (Wildman–Crippen LogP) is 4.35. The fourth-order valence-corrected chi connectivity index (χ4v) is 3.44. The molecule has 0 spiro atoms. The number of amides is 3. The Kier molecular flexibility index (Phi) is 5.17. The Hall–Kier alpha value is -4.13. The van der Waals surface area contributed by atoms with E-state index in [2.05, 4.69) is 5.32 Å². The van der Waals surface area contributed by atoms with Gasteiger partial charge in [-0.2, -0.15) is 0 Å². The van der Waals surface area contributed by atoms with E-state index in [0.29, 0.717) is 22.6 Å². The van der Waals surface area contributed by atoms with Crippen molar-refractivity contribution in [2.45, 2.75) is 20.4 Å². The molecule has 0 aliphatic carbocycles. The lowest BCUT2D eigenvalue weighted by Gasteiger charge is -2.11. The normalized spacial score (nSPS) is 14.9. The summed E-state index contributed by atoms with van der Waals surface area (Å²) < 4.78 is 5.81. The minimum atomic E-state index is -1.01. The lowest BCUT2D eigenvalue weighted by atomic mass is 10.0. The van der Waals surface area contributed by atoms with Gasteiger partial charge in [0.2, 0.25) is 0 Å². The largest absolute Gasteiger partial charge is 0.478 e. The lowest BCUT2D eigenvalue weighted by Crippen LogP contribution is -2.30. The van der Waals surface area contributed by atoms with Gasteiger partial charge in [-0.25, -0.2) is 9.59 Å². The van der Waals surface area contributed by atoms with E-state index in [1.54, 1.807) is 31.2 Å². The number of carbonyl (C=O) groups is 3. The quantitative estimate of drug-likeness (QED) is 0.476. The fraction of sp³-hybridized carbons (Fsp3) is 0.125. The number of aryl methyl sites for hydroxylation is 1. The summed E-state index contributed by atoms with van der Waals surface area (Å²) in [5.41, 5.74) is 3.49. The maximum absolute atomic E-state index is 12.7. The number of aromatic carboxylic acids is 1. The Morgan fingerprint density at radius 1 is 1.06 bits per heavy atom. The van der Waals surface area contributed by atoms with Gasteiger partial charge in [0.25, 0.3) is 5.91 Å². The Bertz CT molecular complexity index is 1220. The number of nitrogens with one attached hydrogen (secondary N) is 1. The van der Waals surface area contributed by atoms with Crippen molar-refractivity contribution < 1.29 is 23.9 Å². The minimum absolute atomic E-state index is 0.119. The number of carboxylic acid groups (broad SMARTS) is 1. The molecule has 156 valence electrons. The summed E-state index contributed by atoms with van der Waals surface area (Å²) in [7, 11) is 0. The number of urea groups is 1. The number of hydrogen-bond acceptors (Lipinski definition) is 4. The number of rotatable bonds is 5. The molecule has 7 nitrogen and oxygen atoms in total. The first-order valence-electron chi connectivity index (χ1n) is 9.66. The molecule has 2 N–H and O–H groups in total. The minimum Gasteiger partial charge on any atom is -0.478 e. The van der Waals surface area contributed by atoms with Gasteiger partial charge < -0.3 is 14.8 Å². The summed E-state index contributed by atoms with van der Waals surface area (Å²) in [6.07, 6.45) is 1.47. The molecule has 1 fully saturated rings. The SMILES string of the molecule is Cc1ccc(CN2C(=O)N/C(=C/c3ccc(-c4cccc(C(=O)O)c4C)o3)C2=O)cc1. The van der Waals surface area contributed by atoms with E-state index < -0.39 is 17.9 Å². The number of carbonyl (C=O) groups excluding carboxylic acids is 2. The molecule has 0 unspecified atom stereocenters. The highest BCUT2D eigenvalue weighted by molar-refractivity contribution is 6.13. The van der Waals surface area contributed by atoms with Gasteiger partial charge in [-0.3, -0.25) is 9.69 Å². The maximum Gasteiger partial charge on any atom is 0.335 e. The molecule has 0 radical (unpaired) electrons. The summed E-state index contributed by atoms with van der Waals surface area (Å²) in [5.74, 6) is -0.606. The number of nitrogens with zero attached hydrogens (tertiary/aromatic N) is 1. The van der Waals surface area contributed by atoms with Crippen LogP contribution >= 0.6 is 0 Å². The van der Waals surface area contributed by atoms with Crippen LogP contribution in [-0.4, -0.2) is 27.9 Å². The molecule has 1 aliphatic rings. The second-order valence-corrected chi connectivity index (χ2v) is 7.35. The zero-order valence-corrected chi connectivity index (χ0v) is 17.0. The Morgan fingerprint density at radius 2 is 1.81 bits per heavy atom. The lowest BCUT2D eigenvalue weighted by molar-refractivity contribution is -0.123. The summed E-state index contributed by atoms with van der Waals surface area (Å²) in [5, 5.41) is 11.9. The maximum atomic E-state index is 12.7. The molecule has 2 aromatic carbocycles. The van der Waals surface area contributed by atoms with Crippen molar-refractivity contribution >= 4 is 24.0 Å². The van der Waals surface area contributed by atoms with E-state index in [0.717, 1.165) is 16.0 Å². The van der Waals surface area contributed by atoms with Crippen molar-refractivity contribution in [2.24, 2.45) is 0 Å². The molecule has 7 heteroatoms. The number of furan rings is 1. The Balaban J connectivity index is 1.56. The van der Waals surface area contributed by atoms with Gasteiger partial charge >= 0.3 is 12.0 Å². The molecular formula is C24H20N2O5. The van der Waals surface area contributed by atoms with Crippen LogP contribution in [0.3, 0.4) is 0 Å². The molecular weight excluding hydrogens is 396 g/mol. The van der Waals surface area contributed by atoms with Crippen molar-refractivity contribution in [1.82, 2.24) is 10.2 Å². The Labute approximate surface area is 178 Å². The van der Waals surface area contributed by atoms with Crippen LogP contribution in [0.2, 0.25) is 0 Å². The van der Waals surface area contributed by atoms with Gasteiger partial charge in [-0.15, -0.1) is 0 Å². The first-order valence-corrected chi connectivity index (χ1v) is 9.66. The van der Waals surface area contributed by atoms with Crippen molar-refractivity contribution in [3.8, 4) is 11.3 Å². The summed E-state index contributed by atoms with van der Waals surface area (Å²) >= 11 is 0. The molecule has 0 saturated carbocycles. The third-order valence-corrected chi connectivity index (χ3v) is 5.17. The Morgan fingerprint density at radius 3 is 2.52 bits per heavy atom. The van der Waals surface area contributed by atoms with Gasteiger partial charge in [0.05, 0.1) is 12.1 Å². The van der Waals surface area contributed by atoms with Crippen LogP contribution in [0, 0.1) is 13.8 Å².